The molecule has 0 N–H and O–H groups in total. The summed E-state index contributed by atoms with van der Waals surface area (Å²) in [5.74, 6) is 0.555. The number of carbonyl (C=O) groups excluding carboxylic acids is 1. The molecule has 0 aliphatic carbocycles. The topological polar surface area (TPSA) is 44.1 Å². The molecule has 1 fully saturated rings. The molecule has 1 saturated heterocycles. The largest absolute Gasteiger partial charge is 0.342 e. The minimum Gasteiger partial charge on any atom is -0.342 e. The van der Waals surface area contributed by atoms with Gasteiger partial charge in [0.05, 0.1) is 17.4 Å². The smallest absolute Gasteiger partial charge is 0.232 e. The first-order chi connectivity index (χ1) is 9.60. The molecule has 20 heavy (non-hydrogen) atoms. The van der Waals surface area contributed by atoms with Crippen LogP contribution in [-0.4, -0.2) is 29.6 Å². The van der Waals surface area contributed by atoms with Crippen LogP contribution in [0.3, 0.4) is 0 Å². The summed E-state index contributed by atoms with van der Waals surface area (Å²) in [7, 11) is 0. The van der Waals surface area contributed by atoms with E-state index in [1.807, 2.05) is 11.0 Å². The van der Waals surface area contributed by atoms with Crippen molar-refractivity contribution < 1.29 is 9.18 Å². The van der Waals surface area contributed by atoms with E-state index in [0.29, 0.717) is 16.4 Å². The van der Waals surface area contributed by atoms with E-state index in [0.717, 1.165) is 25.9 Å². The molecule has 0 aromatic heterocycles. The van der Waals surface area contributed by atoms with Crippen LogP contribution in [0.2, 0.25) is 0 Å². The minimum atomic E-state index is -0.436. The number of thioether (sulfide) groups is 1. The molecule has 1 heterocycles. The average molecular weight is 292 g/mol. The Morgan fingerprint density at radius 2 is 2.20 bits per heavy atom. The molecule has 5 heteroatoms. The first kappa shape index (κ1) is 14.9. The van der Waals surface area contributed by atoms with Crippen molar-refractivity contribution in [3.8, 4) is 6.07 Å². The quantitative estimate of drug-likeness (QED) is 0.804. The number of nitriles is 1. The van der Waals surface area contributed by atoms with Gasteiger partial charge >= 0.3 is 0 Å². The van der Waals surface area contributed by atoms with E-state index in [9.17, 15) is 9.18 Å². The molecule has 0 saturated carbocycles. The van der Waals surface area contributed by atoms with Gasteiger partial charge in [-0.1, -0.05) is 6.92 Å². The second-order valence-corrected chi connectivity index (χ2v) is 6.13. The third-order valence-electron chi connectivity index (χ3n) is 3.55. The van der Waals surface area contributed by atoms with Gasteiger partial charge in [0.25, 0.3) is 0 Å². The Kier molecular flexibility index (Phi) is 5.02. The van der Waals surface area contributed by atoms with Gasteiger partial charge in [-0.3, -0.25) is 4.79 Å². The van der Waals surface area contributed by atoms with Crippen molar-refractivity contribution in [1.82, 2.24) is 4.90 Å². The lowest BCUT2D eigenvalue weighted by Crippen LogP contribution is -2.38. The lowest BCUT2D eigenvalue weighted by molar-refractivity contribution is -0.129. The number of benzene rings is 1. The van der Waals surface area contributed by atoms with Crippen LogP contribution in [0.1, 0.15) is 25.3 Å². The highest BCUT2D eigenvalue weighted by Gasteiger charge is 2.20. The van der Waals surface area contributed by atoms with E-state index in [1.54, 1.807) is 12.1 Å². The Bertz CT molecular complexity index is 533. The average Bonchev–Trinajstić information content (AvgIpc) is 2.46. The van der Waals surface area contributed by atoms with Crippen LogP contribution in [0, 0.1) is 23.1 Å². The van der Waals surface area contributed by atoms with Gasteiger partial charge in [0.15, 0.2) is 0 Å². The van der Waals surface area contributed by atoms with Crippen molar-refractivity contribution in [2.45, 2.75) is 24.7 Å². The molecule has 1 aromatic rings. The maximum atomic E-state index is 13.7. The Balaban J connectivity index is 1.89. The van der Waals surface area contributed by atoms with Crippen LogP contribution >= 0.6 is 11.8 Å². The number of rotatable bonds is 3. The number of nitrogens with zero attached hydrogens (tertiary/aromatic N) is 2. The van der Waals surface area contributed by atoms with Crippen molar-refractivity contribution >= 4 is 17.7 Å². The lowest BCUT2D eigenvalue weighted by Gasteiger charge is -2.30. The summed E-state index contributed by atoms with van der Waals surface area (Å²) in [4.78, 5) is 14.3. The predicted molar refractivity (Wildman–Crippen MR) is 76.8 cm³/mol. The maximum absolute atomic E-state index is 13.7. The van der Waals surface area contributed by atoms with E-state index in [-0.39, 0.29) is 11.7 Å². The third-order valence-corrected chi connectivity index (χ3v) is 4.58. The van der Waals surface area contributed by atoms with Gasteiger partial charge in [-0.05, 0) is 37.0 Å². The summed E-state index contributed by atoms with van der Waals surface area (Å²) in [5, 5.41) is 8.68. The number of likely N-dealkylation sites (tertiary alicyclic amines) is 1. The Morgan fingerprint density at radius 1 is 1.50 bits per heavy atom. The van der Waals surface area contributed by atoms with E-state index in [4.69, 9.17) is 5.26 Å². The summed E-state index contributed by atoms with van der Waals surface area (Å²) in [6.07, 6.45) is 2.09. The SMILES string of the molecule is CC1CCN(C(=O)CSc2ccc(C#N)cc2F)CC1. The molecule has 2 rings (SSSR count). The number of hydrogen-bond acceptors (Lipinski definition) is 3. The highest BCUT2D eigenvalue weighted by atomic mass is 32.2. The van der Waals surface area contributed by atoms with Gasteiger partial charge in [-0.15, -0.1) is 11.8 Å². The number of hydrogen-bond donors (Lipinski definition) is 0. The molecule has 1 aliphatic rings. The Morgan fingerprint density at radius 3 is 2.80 bits per heavy atom. The van der Waals surface area contributed by atoms with Gasteiger partial charge < -0.3 is 4.90 Å². The van der Waals surface area contributed by atoms with Crippen molar-refractivity contribution in [2.24, 2.45) is 5.92 Å². The highest BCUT2D eigenvalue weighted by Crippen LogP contribution is 2.24. The Labute approximate surface area is 122 Å². The van der Waals surface area contributed by atoms with Crippen LogP contribution in [0.25, 0.3) is 0 Å². The fourth-order valence-electron chi connectivity index (χ4n) is 2.18. The van der Waals surface area contributed by atoms with Crippen molar-refractivity contribution in [3.05, 3.63) is 29.6 Å². The van der Waals surface area contributed by atoms with E-state index >= 15 is 0 Å². The van der Waals surface area contributed by atoms with Crippen LogP contribution in [-0.2, 0) is 4.79 Å². The number of halogens is 1. The second-order valence-electron chi connectivity index (χ2n) is 5.11. The second kappa shape index (κ2) is 6.76. The molecular weight excluding hydrogens is 275 g/mol. The molecule has 1 aromatic carbocycles. The molecule has 3 nitrogen and oxygen atoms in total. The predicted octanol–water partition coefficient (Wildman–Crippen LogP) is 3.05. The van der Waals surface area contributed by atoms with Gasteiger partial charge in [-0.2, -0.15) is 5.26 Å². The lowest BCUT2D eigenvalue weighted by atomic mass is 9.99. The summed E-state index contributed by atoms with van der Waals surface area (Å²) >= 11 is 1.19. The van der Waals surface area contributed by atoms with Crippen molar-refractivity contribution in [1.29, 1.82) is 5.26 Å². The molecule has 0 unspecified atom stereocenters. The third kappa shape index (κ3) is 3.73. The van der Waals surface area contributed by atoms with Crippen LogP contribution in [0.4, 0.5) is 4.39 Å². The zero-order chi connectivity index (χ0) is 14.5. The summed E-state index contributed by atoms with van der Waals surface area (Å²) in [5.41, 5.74) is 0.295. The van der Waals surface area contributed by atoms with Gasteiger partial charge in [0.1, 0.15) is 5.82 Å². The van der Waals surface area contributed by atoms with Crippen molar-refractivity contribution in [2.75, 3.05) is 18.8 Å². The number of amides is 1. The molecule has 0 bridgehead atoms. The monoisotopic (exact) mass is 292 g/mol. The highest BCUT2D eigenvalue weighted by molar-refractivity contribution is 8.00. The minimum absolute atomic E-state index is 0.0608. The van der Waals surface area contributed by atoms with E-state index in [1.165, 1.54) is 17.8 Å². The zero-order valence-corrected chi connectivity index (χ0v) is 12.3. The standard InChI is InChI=1S/C15H17FN2OS/c1-11-4-6-18(7-5-11)15(19)10-20-14-3-2-12(9-17)8-13(14)16/h2-3,8,11H,4-7,10H2,1H3. The zero-order valence-electron chi connectivity index (χ0n) is 11.4. The van der Waals surface area contributed by atoms with E-state index in [2.05, 4.69) is 6.92 Å². The molecule has 1 amide bonds. The maximum Gasteiger partial charge on any atom is 0.232 e. The first-order valence-electron chi connectivity index (χ1n) is 6.70. The summed E-state index contributed by atoms with van der Waals surface area (Å²) < 4.78 is 13.7. The number of piperidine rings is 1. The summed E-state index contributed by atoms with van der Waals surface area (Å²) in [6.45, 7) is 3.80. The van der Waals surface area contributed by atoms with Crippen molar-refractivity contribution in [3.63, 3.8) is 0 Å². The first-order valence-corrected chi connectivity index (χ1v) is 7.69. The number of carbonyl (C=O) groups is 1. The van der Waals surface area contributed by atoms with Gasteiger partial charge in [0.2, 0.25) is 5.91 Å². The van der Waals surface area contributed by atoms with Gasteiger partial charge in [0, 0.05) is 18.0 Å². The molecule has 0 atom stereocenters. The summed E-state index contributed by atoms with van der Waals surface area (Å²) in [6, 6.07) is 6.22. The van der Waals surface area contributed by atoms with Gasteiger partial charge in [-0.25, -0.2) is 4.39 Å². The van der Waals surface area contributed by atoms with Crippen LogP contribution < -0.4 is 0 Å². The van der Waals surface area contributed by atoms with E-state index < -0.39 is 5.82 Å². The molecule has 0 spiro atoms. The fraction of sp³-hybridized carbons (Fsp3) is 0.467. The van der Waals surface area contributed by atoms with Crippen LogP contribution in [0.5, 0.6) is 0 Å². The normalized spacial score (nSPS) is 15.9. The molecule has 1 aliphatic heterocycles. The molecule has 0 radical (unpaired) electrons. The fourth-order valence-corrected chi connectivity index (χ4v) is 3.00. The van der Waals surface area contributed by atoms with Crippen LogP contribution in [0.15, 0.2) is 23.1 Å². The molecular formula is C15H17FN2OS. The molecule has 106 valence electrons. The Hall–Kier alpha value is -1.54.